The van der Waals surface area contributed by atoms with Gasteiger partial charge >= 0.3 is 0 Å². The van der Waals surface area contributed by atoms with Gasteiger partial charge in [-0.25, -0.2) is 12.8 Å². The van der Waals surface area contributed by atoms with E-state index in [1.807, 2.05) is 0 Å². The molecule has 8 nitrogen and oxygen atoms in total. The van der Waals surface area contributed by atoms with Crippen LogP contribution in [0.25, 0.3) is 21.7 Å². The summed E-state index contributed by atoms with van der Waals surface area (Å²) in [6.45, 7) is 0.529. The summed E-state index contributed by atoms with van der Waals surface area (Å²) in [4.78, 5) is 6.01. The standard InChI is InChI=1S/C23H25FN4O4S/c1-26(2)11-12-33(31,32)27(3)21-17-5-4-10-25-20(17)22(29)19-18(21)14-28(23(19)30)13-15-6-8-16(24)9-7-15/h4-10,14,29-30H,11-13H2,1-3H3. The van der Waals surface area contributed by atoms with E-state index in [9.17, 15) is 23.0 Å². The lowest BCUT2D eigenvalue weighted by Crippen LogP contribution is -2.33. The molecule has 2 heterocycles. The first-order valence-electron chi connectivity index (χ1n) is 10.3. The van der Waals surface area contributed by atoms with E-state index < -0.39 is 10.0 Å². The van der Waals surface area contributed by atoms with Crippen molar-refractivity contribution in [2.45, 2.75) is 6.54 Å². The fraction of sp³-hybridized carbons (Fsp3) is 0.261. The Morgan fingerprint density at radius 2 is 1.76 bits per heavy atom. The highest BCUT2D eigenvalue weighted by molar-refractivity contribution is 7.92. The SMILES string of the molecule is CN(C)CCS(=O)(=O)N(C)c1c2cccnc2c(O)c2c(O)n(Cc3ccc(F)cc3)cc12. The van der Waals surface area contributed by atoms with Gasteiger partial charge in [-0.3, -0.25) is 9.29 Å². The fourth-order valence-corrected chi connectivity index (χ4v) is 5.17. The second-order valence-electron chi connectivity index (χ2n) is 8.18. The van der Waals surface area contributed by atoms with E-state index in [4.69, 9.17) is 0 Å². The van der Waals surface area contributed by atoms with Gasteiger partial charge in [-0.2, -0.15) is 0 Å². The number of hydrogen-bond donors (Lipinski definition) is 2. The lowest BCUT2D eigenvalue weighted by atomic mass is 10.1. The lowest BCUT2D eigenvalue weighted by Gasteiger charge is -2.23. The molecule has 33 heavy (non-hydrogen) atoms. The number of phenols is 1. The minimum atomic E-state index is -3.72. The number of anilines is 1. The number of pyridine rings is 1. The number of phenolic OH excluding ortho intramolecular Hbond substituents is 1. The lowest BCUT2D eigenvalue weighted by molar-refractivity contribution is 0.425. The van der Waals surface area contributed by atoms with Crippen LogP contribution in [0, 0.1) is 5.82 Å². The number of rotatable bonds is 7. The first kappa shape index (κ1) is 22.8. The zero-order chi connectivity index (χ0) is 23.9. The summed E-state index contributed by atoms with van der Waals surface area (Å²) in [6, 6.07) is 9.17. The first-order valence-corrected chi connectivity index (χ1v) is 11.9. The molecule has 2 N–H and O–H groups in total. The third kappa shape index (κ3) is 4.19. The summed E-state index contributed by atoms with van der Waals surface area (Å²) >= 11 is 0. The molecule has 0 aliphatic heterocycles. The maximum absolute atomic E-state index is 13.3. The second kappa shape index (κ2) is 8.53. The fourth-order valence-electron chi connectivity index (χ4n) is 3.83. The van der Waals surface area contributed by atoms with Crippen LogP contribution in [-0.2, 0) is 16.6 Å². The van der Waals surface area contributed by atoms with E-state index in [-0.39, 0.29) is 40.6 Å². The van der Waals surface area contributed by atoms with E-state index in [0.29, 0.717) is 23.0 Å². The number of benzene rings is 2. The van der Waals surface area contributed by atoms with Gasteiger partial charge in [0.1, 0.15) is 11.3 Å². The second-order valence-corrected chi connectivity index (χ2v) is 10.3. The Hall–Kier alpha value is -3.37. The molecule has 0 saturated heterocycles. The number of halogens is 1. The monoisotopic (exact) mass is 472 g/mol. The van der Waals surface area contributed by atoms with Gasteiger partial charge in [-0.05, 0) is 43.9 Å². The van der Waals surface area contributed by atoms with Crippen LogP contribution in [0.15, 0.2) is 48.8 Å². The van der Waals surface area contributed by atoms with E-state index in [0.717, 1.165) is 5.56 Å². The van der Waals surface area contributed by atoms with Gasteiger partial charge in [0.25, 0.3) is 0 Å². The Bertz CT molecular complexity index is 1430. The molecule has 0 fully saturated rings. The Balaban J connectivity index is 1.94. The first-order chi connectivity index (χ1) is 15.6. The minimum absolute atomic E-state index is 0.105. The topological polar surface area (TPSA) is 98.9 Å². The molecule has 0 atom stereocenters. The average molecular weight is 473 g/mol. The molecular weight excluding hydrogens is 447 g/mol. The summed E-state index contributed by atoms with van der Waals surface area (Å²) < 4.78 is 42.2. The molecule has 0 unspecified atom stereocenters. The Morgan fingerprint density at radius 1 is 1.06 bits per heavy atom. The molecule has 4 rings (SSSR count). The molecule has 0 amide bonds. The smallest absolute Gasteiger partial charge is 0.236 e. The number of nitrogens with zero attached hydrogens (tertiary/aromatic N) is 4. The van der Waals surface area contributed by atoms with E-state index >= 15 is 0 Å². The van der Waals surface area contributed by atoms with Crippen LogP contribution in [0.4, 0.5) is 10.1 Å². The van der Waals surface area contributed by atoms with Gasteiger partial charge in [0.15, 0.2) is 5.75 Å². The van der Waals surface area contributed by atoms with Crippen LogP contribution in [0.3, 0.4) is 0 Å². The molecule has 174 valence electrons. The Labute approximate surface area is 191 Å². The van der Waals surface area contributed by atoms with Gasteiger partial charge < -0.3 is 19.7 Å². The van der Waals surface area contributed by atoms with Crippen molar-refractivity contribution in [2.75, 3.05) is 37.7 Å². The molecule has 2 aromatic heterocycles. The maximum Gasteiger partial charge on any atom is 0.236 e. The normalized spacial score (nSPS) is 12.2. The highest BCUT2D eigenvalue weighted by atomic mass is 32.2. The van der Waals surface area contributed by atoms with E-state index in [2.05, 4.69) is 4.98 Å². The molecule has 0 aliphatic rings. The number of sulfonamides is 1. The molecule has 0 radical (unpaired) electrons. The van der Waals surface area contributed by atoms with Crippen molar-refractivity contribution in [3.8, 4) is 11.6 Å². The summed E-state index contributed by atoms with van der Waals surface area (Å²) in [5, 5.41) is 22.8. The summed E-state index contributed by atoms with van der Waals surface area (Å²) in [5.41, 5.74) is 1.23. The number of hydrogen-bond acceptors (Lipinski definition) is 6. The quantitative estimate of drug-likeness (QED) is 0.429. The van der Waals surface area contributed by atoms with Crippen molar-refractivity contribution < 1.29 is 23.0 Å². The van der Waals surface area contributed by atoms with Crippen LogP contribution in [-0.4, -0.2) is 66.5 Å². The van der Waals surface area contributed by atoms with E-state index in [1.54, 1.807) is 49.5 Å². The summed E-state index contributed by atoms with van der Waals surface area (Å²) in [7, 11) is 1.32. The largest absolute Gasteiger partial charge is 0.505 e. The van der Waals surface area contributed by atoms with Crippen molar-refractivity contribution in [2.24, 2.45) is 0 Å². The van der Waals surface area contributed by atoms with Gasteiger partial charge in [-0.1, -0.05) is 12.1 Å². The zero-order valence-electron chi connectivity index (χ0n) is 18.5. The number of fused-ring (bicyclic) bond motifs is 2. The van der Waals surface area contributed by atoms with Crippen molar-refractivity contribution >= 4 is 37.4 Å². The van der Waals surface area contributed by atoms with Crippen LogP contribution in [0.2, 0.25) is 0 Å². The van der Waals surface area contributed by atoms with Crippen LogP contribution in [0.1, 0.15) is 5.56 Å². The molecule has 4 aromatic rings. The van der Waals surface area contributed by atoms with E-state index in [1.165, 1.54) is 34.2 Å². The number of aromatic nitrogens is 2. The van der Waals surface area contributed by atoms with Crippen LogP contribution >= 0.6 is 0 Å². The highest BCUT2D eigenvalue weighted by Crippen LogP contribution is 2.46. The third-order valence-corrected chi connectivity index (χ3v) is 7.34. The Morgan fingerprint density at radius 3 is 2.42 bits per heavy atom. The molecule has 0 aliphatic carbocycles. The van der Waals surface area contributed by atoms with Gasteiger partial charge in [0.05, 0.1) is 23.4 Å². The molecule has 0 saturated carbocycles. The van der Waals surface area contributed by atoms with Crippen molar-refractivity contribution in [3.05, 3.63) is 60.2 Å². The molecule has 0 bridgehead atoms. The molecule has 10 heteroatoms. The van der Waals surface area contributed by atoms with Crippen molar-refractivity contribution in [1.82, 2.24) is 14.5 Å². The Kier molecular flexibility index (Phi) is 5.89. The predicted octanol–water partition coefficient (Wildman–Crippen LogP) is 3.12. The van der Waals surface area contributed by atoms with Gasteiger partial charge in [0.2, 0.25) is 15.9 Å². The molecule has 2 aromatic carbocycles. The number of aromatic hydroxyl groups is 2. The maximum atomic E-state index is 13.3. The average Bonchev–Trinajstić information content (AvgIpc) is 3.10. The highest BCUT2D eigenvalue weighted by Gasteiger charge is 2.27. The van der Waals surface area contributed by atoms with Crippen molar-refractivity contribution in [3.63, 3.8) is 0 Å². The van der Waals surface area contributed by atoms with Gasteiger partial charge in [0, 0.05) is 36.8 Å². The van der Waals surface area contributed by atoms with Gasteiger partial charge in [-0.15, -0.1) is 0 Å². The zero-order valence-corrected chi connectivity index (χ0v) is 19.3. The minimum Gasteiger partial charge on any atom is -0.505 e. The van der Waals surface area contributed by atoms with Crippen LogP contribution < -0.4 is 4.31 Å². The summed E-state index contributed by atoms with van der Waals surface area (Å²) in [6.07, 6.45) is 3.08. The summed E-state index contributed by atoms with van der Waals surface area (Å²) in [5.74, 6) is -0.955. The predicted molar refractivity (Wildman–Crippen MR) is 127 cm³/mol. The van der Waals surface area contributed by atoms with Crippen LogP contribution in [0.5, 0.6) is 11.6 Å². The van der Waals surface area contributed by atoms with Crippen molar-refractivity contribution in [1.29, 1.82) is 0 Å². The third-order valence-electron chi connectivity index (χ3n) is 5.62. The molecule has 0 spiro atoms. The molecular formula is C23H25FN4O4S.